The molecule has 1 heterocycles. The smallest absolute Gasteiger partial charge is 0.135 e. The van der Waals surface area contributed by atoms with E-state index in [0.29, 0.717) is 0 Å². The zero-order valence-corrected chi connectivity index (χ0v) is 12.3. The second-order valence-electron chi connectivity index (χ2n) is 5.74. The van der Waals surface area contributed by atoms with Crippen LogP contribution in [0.4, 0.5) is 0 Å². The lowest BCUT2D eigenvalue weighted by Gasteiger charge is -2.30. The van der Waals surface area contributed by atoms with Crippen LogP contribution < -0.4 is 0 Å². The molecule has 3 heteroatoms. The van der Waals surface area contributed by atoms with Crippen molar-refractivity contribution in [3.8, 4) is 0 Å². The first-order chi connectivity index (χ1) is 9.19. The van der Waals surface area contributed by atoms with Crippen molar-refractivity contribution in [3.63, 3.8) is 0 Å². The maximum atomic E-state index is 4.79. The van der Waals surface area contributed by atoms with Gasteiger partial charge in [0.2, 0.25) is 0 Å². The van der Waals surface area contributed by atoms with Crippen molar-refractivity contribution in [2.45, 2.75) is 64.7 Å². The summed E-state index contributed by atoms with van der Waals surface area (Å²) in [6.07, 6.45) is 7.54. The summed E-state index contributed by atoms with van der Waals surface area (Å²) in [4.78, 5) is 0. The summed E-state index contributed by atoms with van der Waals surface area (Å²) in [6, 6.07) is 6.36. The molecule has 1 aromatic heterocycles. The molecule has 0 radical (unpaired) electrons. The molecule has 2 aromatic rings. The summed E-state index contributed by atoms with van der Waals surface area (Å²) in [5.74, 6) is 0. The second-order valence-corrected chi connectivity index (χ2v) is 5.74. The fourth-order valence-electron chi connectivity index (χ4n) is 2.89. The van der Waals surface area contributed by atoms with E-state index in [4.69, 9.17) is 4.63 Å². The maximum Gasteiger partial charge on any atom is 0.135 e. The van der Waals surface area contributed by atoms with E-state index >= 15 is 0 Å². The minimum absolute atomic E-state index is 0.247. The number of unbranched alkanes of at least 4 members (excludes halogenated alkanes) is 2. The van der Waals surface area contributed by atoms with Gasteiger partial charge in [-0.1, -0.05) is 52.5 Å². The van der Waals surface area contributed by atoms with Crippen molar-refractivity contribution in [2.75, 3.05) is 0 Å². The minimum Gasteiger partial charge on any atom is -0.243 e. The highest BCUT2D eigenvalue weighted by molar-refractivity contribution is 5.74. The molecular weight excluding hydrogens is 236 g/mol. The molecule has 0 bridgehead atoms. The Bertz CT molecular complexity index is 520. The van der Waals surface area contributed by atoms with Crippen LogP contribution in [-0.2, 0) is 5.41 Å². The molecule has 0 amide bonds. The molecule has 19 heavy (non-hydrogen) atoms. The molecule has 1 unspecified atom stereocenters. The monoisotopic (exact) mass is 260 g/mol. The summed E-state index contributed by atoms with van der Waals surface area (Å²) in [6.45, 7) is 6.89. The Balaban J connectivity index is 2.25. The number of fused-ring (bicyclic) bond motifs is 1. The lowest BCUT2D eigenvalue weighted by molar-refractivity contribution is 0.315. The van der Waals surface area contributed by atoms with Crippen LogP contribution in [0.25, 0.3) is 11.0 Å². The van der Waals surface area contributed by atoms with E-state index < -0.39 is 0 Å². The average Bonchev–Trinajstić information content (AvgIpc) is 2.86. The van der Waals surface area contributed by atoms with Crippen molar-refractivity contribution in [3.05, 3.63) is 23.8 Å². The Morgan fingerprint density at radius 3 is 2.53 bits per heavy atom. The van der Waals surface area contributed by atoms with Gasteiger partial charge in [0.05, 0.1) is 0 Å². The van der Waals surface area contributed by atoms with E-state index in [2.05, 4.69) is 43.2 Å². The number of aromatic nitrogens is 2. The largest absolute Gasteiger partial charge is 0.243 e. The zero-order chi connectivity index (χ0) is 13.7. The van der Waals surface area contributed by atoms with Crippen LogP contribution in [-0.4, -0.2) is 10.3 Å². The molecule has 1 atom stereocenters. The van der Waals surface area contributed by atoms with Crippen LogP contribution in [0, 0.1) is 0 Å². The Morgan fingerprint density at radius 1 is 1.00 bits per heavy atom. The minimum atomic E-state index is 0.247. The quantitative estimate of drug-likeness (QED) is 0.667. The normalized spacial score (nSPS) is 14.7. The van der Waals surface area contributed by atoms with Crippen molar-refractivity contribution in [1.82, 2.24) is 10.3 Å². The van der Waals surface area contributed by atoms with Gasteiger partial charge in [-0.3, -0.25) is 0 Å². The predicted octanol–water partition coefficient (Wildman–Crippen LogP) is 4.86. The van der Waals surface area contributed by atoms with Crippen molar-refractivity contribution in [2.24, 2.45) is 0 Å². The third kappa shape index (κ3) is 3.14. The van der Waals surface area contributed by atoms with E-state index in [1.54, 1.807) is 0 Å². The van der Waals surface area contributed by atoms with E-state index in [1.807, 2.05) is 6.07 Å². The highest BCUT2D eigenvalue weighted by Crippen LogP contribution is 2.35. The number of rotatable bonds is 7. The van der Waals surface area contributed by atoms with Gasteiger partial charge >= 0.3 is 0 Å². The Kier molecular flexibility index (Phi) is 4.56. The average molecular weight is 260 g/mol. The van der Waals surface area contributed by atoms with Crippen molar-refractivity contribution < 1.29 is 4.63 Å². The van der Waals surface area contributed by atoms with Crippen LogP contribution in [0.2, 0.25) is 0 Å². The van der Waals surface area contributed by atoms with Crippen LogP contribution in [0.15, 0.2) is 22.8 Å². The van der Waals surface area contributed by atoms with Crippen LogP contribution in [0.5, 0.6) is 0 Å². The van der Waals surface area contributed by atoms with Gasteiger partial charge in [-0.15, -0.1) is 0 Å². The van der Waals surface area contributed by atoms with E-state index in [0.717, 1.165) is 11.0 Å². The standard InChI is InChI=1S/C16H24N2O/c1-4-6-7-11-16(3,10-5-2)13-8-9-14-15(12-13)18-19-17-14/h8-9,12H,4-7,10-11H2,1-3H3. The van der Waals surface area contributed by atoms with Crippen molar-refractivity contribution >= 4 is 11.0 Å². The first-order valence-corrected chi connectivity index (χ1v) is 7.42. The third-order valence-corrected chi connectivity index (χ3v) is 4.08. The molecule has 104 valence electrons. The zero-order valence-electron chi connectivity index (χ0n) is 12.3. The highest BCUT2D eigenvalue weighted by Gasteiger charge is 2.25. The molecule has 0 saturated heterocycles. The maximum absolute atomic E-state index is 4.79. The Hall–Kier alpha value is -1.38. The van der Waals surface area contributed by atoms with Crippen LogP contribution in [0.3, 0.4) is 0 Å². The van der Waals surface area contributed by atoms with Gasteiger partial charge in [0.25, 0.3) is 0 Å². The fourth-order valence-corrected chi connectivity index (χ4v) is 2.89. The van der Waals surface area contributed by atoms with E-state index in [-0.39, 0.29) is 5.41 Å². The number of benzene rings is 1. The number of nitrogens with zero attached hydrogens (tertiary/aromatic N) is 2. The molecule has 2 rings (SSSR count). The van der Waals surface area contributed by atoms with Gasteiger partial charge in [0.15, 0.2) is 0 Å². The first kappa shape index (κ1) is 14.0. The van der Waals surface area contributed by atoms with Gasteiger partial charge < -0.3 is 0 Å². The molecule has 0 aliphatic carbocycles. The van der Waals surface area contributed by atoms with Gasteiger partial charge in [0.1, 0.15) is 11.0 Å². The van der Waals surface area contributed by atoms with Gasteiger partial charge in [0, 0.05) is 0 Å². The summed E-state index contributed by atoms with van der Waals surface area (Å²) in [7, 11) is 0. The molecule has 0 spiro atoms. The molecular formula is C16H24N2O. The lowest BCUT2D eigenvalue weighted by Crippen LogP contribution is -2.21. The summed E-state index contributed by atoms with van der Waals surface area (Å²) < 4.78 is 4.79. The molecule has 3 nitrogen and oxygen atoms in total. The van der Waals surface area contributed by atoms with Crippen LogP contribution in [0.1, 0.15) is 64.9 Å². The topological polar surface area (TPSA) is 38.9 Å². The van der Waals surface area contributed by atoms with E-state index in [9.17, 15) is 0 Å². The number of hydrogen-bond acceptors (Lipinski definition) is 3. The fraction of sp³-hybridized carbons (Fsp3) is 0.625. The molecule has 0 N–H and O–H groups in total. The van der Waals surface area contributed by atoms with Crippen molar-refractivity contribution in [1.29, 1.82) is 0 Å². The molecule has 0 saturated carbocycles. The molecule has 1 aromatic carbocycles. The summed E-state index contributed by atoms with van der Waals surface area (Å²) >= 11 is 0. The lowest BCUT2D eigenvalue weighted by atomic mass is 9.74. The molecule has 0 fully saturated rings. The van der Waals surface area contributed by atoms with Crippen LogP contribution >= 0.6 is 0 Å². The molecule has 0 aliphatic heterocycles. The number of hydrogen-bond donors (Lipinski definition) is 0. The summed E-state index contributed by atoms with van der Waals surface area (Å²) in [5, 5.41) is 7.84. The van der Waals surface area contributed by atoms with Gasteiger partial charge in [-0.05, 0) is 46.3 Å². The molecule has 0 aliphatic rings. The van der Waals surface area contributed by atoms with E-state index in [1.165, 1.54) is 44.1 Å². The predicted molar refractivity (Wildman–Crippen MR) is 78.2 cm³/mol. The van der Waals surface area contributed by atoms with Gasteiger partial charge in [-0.25, -0.2) is 4.63 Å². The SMILES string of the molecule is CCCCCC(C)(CCC)c1ccc2nonc2c1. The summed E-state index contributed by atoms with van der Waals surface area (Å²) in [5.41, 5.74) is 3.33. The second kappa shape index (κ2) is 6.18. The Morgan fingerprint density at radius 2 is 1.79 bits per heavy atom. The first-order valence-electron chi connectivity index (χ1n) is 7.42. The third-order valence-electron chi connectivity index (χ3n) is 4.08. The Labute approximate surface area is 115 Å². The highest BCUT2D eigenvalue weighted by atomic mass is 16.6. The van der Waals surface area contributed by atoms with Gasteiger partial charge in [-0.2, -0.15) is 0 Å².